The third kappa shape index (κ3) is 3.69. The normalized spacial score (nSPS) is 20.1. The summed E-state index contributed by atoms with van der Waals surface area (Å²) < 4.78 is 38.7. The number of hydrogen-bond donors (Lipinski definition) is 0. The van der Waals surface area contributed by atoms with Crippen molar-refractivity contribution in [3.05, 3.63) is 76.0 Å². The predicted molar refractivity (Wildman–Crippen MR) is 104 cm³/mol. The number of nitrogens with zero attached hydrogens (tertiary/aromatic N) is 1. The summed E-state index contributed by atoms with van der Waals surface area (Å²) in [4.78, 5) is 27.4. The summed E-state index contributed by atoms with van der Waals surface area (Å²) in [6, 6.07) is 11.5. The van der Waals surface area contributed by atoms with Crippen LogP contribution in [0.3, 0.4) is 0 Å². The molecule has 1 amide bonds. The van der Waals surface area contributed by atoms with Crippen molar-refractivity contribution in [3.8, 4) is 0 Å². The van der Waals surface area contributed by atoms with Gasteiger partial charge in [0.25, 0.3) is 0 Å². The smallest absolute Gasteiger partial charge is 0.294 e. The highest BCUT2D eigenvalue weighted by atomic mass is 35.5. The molecule has 1 heterocycles. The van der Waals surface area contributed by atoms with Crippen molar-refractivity contribution in [2.24, 2.45) is 0 Å². The minimum Gasteiger partial charge on any atom is -0.294 e. The Hall–Kier alpha value is -2.60. The van der Waals surface area contributed by atoms with Crippen molar-refractivity contribution in [2.75, 3.05) is 4.90 Å². The maximum atomic E-state index is 13.0. The number of hydrogen-bond acceptors (Lipinski definition) is 2. The van der Waals surface area contributed by atoms with Crippen LogP contribution in [0.15, 0.2) is 59.8 Å². The van der Waals surface area contributed by atoms with Gasteiger partial charge in [0.05, 0.1) is 5.56 Å². The van der Waals surface area contributed by atoms with E-state index in [4.69, 9.17) is 11.6 Å². The summed E-state index contributed by atoms with van der Waals surface area (Å²) in [6.45, 7) is 0. The molecule has 2 aromatic rings. The van der Waals surface area contributed by atoms with Crippen molar-refractivity contribution >= 4 is 29.0 Å². The Balaban J connectivity index is 1.79. The topological polar surface area (TPSA) is 37.4 Å². The number of allylic oxidation sites excluding steroid dienone is 2. The first kappa shape index (κ1) is 19.7. The molecule has 0 fully saturated rings. The highest BCUT2D eigenvalue weighted by Crippen LogP contribution is 2.44. The number of alkyl halides is 3. The van der Waals surface area contributed by atoms with Crippen LogP contribution >= 0.6 is 11.6 Å². The van der Waals surface area contributed by atoms with Crippen LogP contribution < -0.4 is 4.90 Å². The second-order valence-electron chi connectivity index (χ2n) is 7.22. The summed E-state index contributed by atoms with van der Waals surface area (Å²) >= 11 is 5.95. The lowest BCUT2D eigenvalue weighted by molar-refractivity contribution is -0.137. The SMILES string of the molecule is O=C1CCCC2=C1C(c1ccc(C(F)(F)F)cc1)CC(=O)N2c1ccc(Cl)cc1. The first-order valence-corrected chi connectivity index (χ1v) is 9.65. The molecular formula is C22H17ClF3NO2. The van der Waals surface area contributed by atoms with Crippen molar-refractivity contribution in [1.82, 2.24) is 0 Å². The molecule has 2 aliphatic rings. The lowest BCUT2D eigenvalue weighted by atomic mass is 9.77. The molecule has 150 valence electrons. The molecule has 1 atom stereocenters. The molecule has 0 N–H and O–H groups in total. The van der Waals surface area contributed by atoms with E-state index in [0.29, 0.717) is 46.8 Å². The minimum atomic E-state index is -4.43. The lowest BCUT2D eigenvalue weighted by Gasteiger charge is -2.38. The number of halogens is 4. The molecule has 0 saturated heterocycles. The van der Waals surface area contributed by atoms with E-state index in [2.05, 4.69) is 0 Å². The van der Waals surface area contributed by atoms with E-state index in [1.54, 1.807) is 29.2 Å². The number of rotatable bonds is 2. The van der Waals surface area contributed by atoms with E-state index in [-0.39, 0.29) is 18.1 Å². The van der Waals surface area contributed by atoms with E-state index in [1.807, 2.05) is 0 Å². The van der Waals surface area contributed by atoms with Crippen molar-refractivity contribution in [1.29, 1.82) is 0 Å². The molecule has 0 spiro atoms. The molecule has 3 nitrogen and oxygen atoms in total. The fourth-order valence-corrected chi connectivity index (χ4v) is 4.20. The first-order chi connectivity index (χ1) is 13.8. The fraction of sp³-hybridized carbons (Fsp3) is 0.273. The van der Waals surface area contributed by atoms with Gasteiger partial charge in [0, 0.05) is 40.7 Å². The highest BCUT2D eigenvalue weighted by molar-refractivity contribution is 6.30. The van der Waals surface area contributed by atoms with Gasteiger partial charge in [-0.05, 0) is 54.8 Å². The predicted octanol–water partition coefficient (Wildman–Crippen LogP) is 5.89. The summed E-state index contributed by atoms with van der Waals surface area (Å²) in [5.41, 5.74) is 1.60. The Morgan fingerprint density at radius 3 is 2.21 bits per heavy atom. The fourth-order valence-electron chi connectivity index (χ4n) is 4.07. The maximum absolute atomic E-state index is 13.0. The molecule has 4 rings (SSSR count). The highest BCUT2D eigenvalue weighted by Gasteiger charge is 2.40. The Morgan fingerprint density at radius 2 is 1.59 bits per heavy atom. The zero-order valence-electron chi connectivity index (χ0n) is 15.3. The van der Waals surface area contributed by atoms with Crippen LogP contribution in [0.4, 0.5) is 18.9 Å². The van der Waals surface area contributed by atoms with Gasteiger partial charge in [-0.25, -0.2) is 0 Å². The monoisotopic (exact) mass is 419 g/mol. The van der Waals surface area contributed by atoms with E-state index < -0.39 is 17.7 Å². The third-order valence-electron chi connectivity index (χ3n) is 5.40. The summed E-state index contributed by atoms with van der Waals surface area (Å²) in [7, 11) is 0. The zero-order valence-corrected chi connectivity index (χ0v) is 16.1. The molecule has 0 bridgehead atoms. The summed E-state index contributed by atoms with van der Waals surface area (Å²) in [5, 5.41) is 0.537. The van der Waals surface area contributed by atoms with Gasteiger partial charge in [-0.3, -0.25) is 14.5 Å². The zero-order chi connectivity index (χ0) is 20.8. The molecule has 1 unspecified atom stereocenters. The average Bonchev–Trinajstić information content (AvgIpc) is 2.68. The van der Waals surface area contributed by atoms with Crippen LogP contribution in [0.1, 0.15) is 42.7 Å². The molecule has 29 heavy (non-hydrogen) atoms. The number of benzene rings is 2. The molecule has 2 aromatic carbocycles. The molecule has 7 heteroatoms. The van der Waals surface area contributed by atoms with Crippen LogP contribution in [0.25, 0.3) is 0 Å². The first-order valence-electron chi connectivity index (χ1n) is 9.27. The second-order valence-corrected chi connectivity index (χ2v) is 7.66. The molecule has 1 aliphatic heterocycles. The van der Waals surface area contributed by atoms with Gasteiger partial charge in [-0.15, -0.1) is 0 Å². The minimum absolute atomic E-state index is 0.0264. The van der Waals surface area contributed by atoms with Crippen LogP contribution in [0.5, 0.6) is 0 Å². The van der Waals surface area contributed by atoms with Gasteiger partial charge in [0.15, 0.2) is 5.78 Å². The van der Waals surface area contributed by atoms with Gasteiger partial charge >= 0.3 is 6.18 Å². The standard InChI is InChI=1S/C22H17ClF3NO2/c23-15-8-10-16(11-9-15)27-18-2-1-3-19(28)21(18)17(12-20(27)29)13-4-6-14(7-5-13)22(24,25)26/h4-11,17H,1-3,12H2. The molecule has 0 aromatic heterocycles. The van der Waals surface area contributed by atoms with E-state index >= 15 is 0 Å². The number of amides is 1. The number of ketones is 1. The van der Waals surface area contributed by atoms with E-state index in [9.17, 15) is 22.8 Å². The van der Waals surface area contributed by atoms with E-state index in [0.717, 1.165) is 12.1 Å². The summed E-state index contributed by atoms with van der Waals surface area (Å²) in [5.74, 6) is -0.774. The van der Waals surface area contributed by atoms with Crippen molar-refractivity contribution < 1.29 is 22.8 Å². The largest absolute Gasteiger partial charge is 0.416 e. The average molecular weight is 420 g/mol. The number of carbonyl (C=O) groups is 2. The number of carbonyl (C=O) groups excluding carboxylic acids is 2. The van der Waals surface area contributed by atoms with Crippen LogP contribution in [-0.4, -0.2) is 11.7 Å². The summed E-state index contributed by atoms with van der Waals surface area (Å²) in [6.07, 6.45) is -2.84. The molecular weight excluding hydrogens is 403 g/mol. The number of anilines is 1. The van der Waals surface area contributed by atoms with Gasteiger partial charge in [-0.2, -0.15) is 13.2 Å². The van der Waals surface area contributed by atoms with Crippen molar-refractivity contribution in [2.45, 2.75) is 37.8 Å². The van der Waals surface area contributed by atoms with Gasteiger partial charge in [0.2, 0.25) is 5.91 Å². The van der Waals surface area contributed by atoms with Crippen molar-refractivity contribution in [3.63, 3.8) is 0 Å². The maximum Gasteiger partial charge on any atom is 0.416 e. The molecule has 0 saturated carbocycles. The lowest BCUT2D eigenvalue weighted by Crippen LogP contribution is -2.40. The molecule has 0 radical (unpaired) electrons. The molecule has 1 aliphatic carbocycles. The third-order valence-corrected chi connectivity index (χ3v) is 5.65. The van der Waals surface area contributed by atoms with Gasteiger partial charge in [-0.1, -0.05) is 23.7 Å². The Kier molecular flexibility index (Phi) is 4.99. The Bertz CT molecular complexity index is 994. The Morgan fingerprint density at radius 1 is 0.931 bits per heavy atom. The second kappa shape index (κ2) is 7.34. The van der Waals surface area contributed by atoms with Gasteiger partial charge in [0.1, 0.15) is 0 Å². The van der Waals surface area contributed by atoms with Crippen LogP contribution in [0.2, 0.25) is 5.02 Å². The van der Waals surface area contributed by atoms with E-state index in [1.165, 1.54) is 12.1 Å². The quantitative estimate of drug-likeness (QED) is 0.609. The number of Topliss-reactive ketones (excluding diaryl/α,β-unsaturated/α-hetero) is 1. The van der Waals surface area contributed by atoms with Crippen LogP contribution in [0, 0.1) is 0 Å². The Labute approximate surface area is 170 Å². The van der Waals surface area contributed by atoms with Gasteiger partial charge < -0.3 is 0 Å². The van der Waals surface area contributed by atoms with Crippen LogP contribution in [-0.2, 0) is 15.8 Å².